The fourth-order valence-corrected chi connectivity index (χ4v) is 7.21. The Kier molecular flexibility index (Phi) is 6.08. The number of thiophene rings is 2. The maximum atomic E-state index is 5.44. The summed E-state index contributed by atoms with van der Waals surface area (Å²) in [4.78, 5) is 13.3. The third-order valence-corrected chi connectivity index (χ3v) is 9.26. The van der Waals surface area contributed by atoms with Crippen LogP contribution in [0.3, 0.4) is 0 Å². The minimum atomic E-state index is -0.0939. The van der Waals surface area contributed by atoms with Gasteiger partial charge in [-0.2, -0.15) is 0 Å². The maximum absolute atomic E-state index is 5.44. The Morgan fingerprint density at radius 1 is 0.500 bits per heavy atom. The summed E-state index contributed by atoms with van der Waals surface area (Å²) in [6, 6.07) is 33.8. The van der Waals surface area contributed by atoms with Crippen LogP contribution >= 0.6 is 54.5 Å². The molecule has 6 heteroatoms. The van der Waals surface area contributed by atoms with E-state index in [4.69, 9.17) is 9.98 Å². The van der Waals surface area contributed by atoms with Gasteiger partial charge in [-0.05, 0) is 67.3 Å². The zero-order chi connectivity index (χ0) is 23.1. The molecule has 34 heavy (non-hydrogen) atoms. The minimum Gasteiger partial charge on any atom is -0.272 e. The van der Waals surface area contributed by atoms with Gasteiger partial charge in [0.15, 0.2) is 0 Å². The number of nitrogens with zero attached hydrogens (tertiary/aromatic N) is 2. The second-order valence-corrected chi connectivity index (χ2v) is 13.0. The molecule has 0 N–H and O–H groups in total. The van der Waals surface area contributed by atoms with Gasteiger partial charge in [0, 0.05) is 20.9 Å². The monoisotopic (exact) mass is 604 g/mol. The molecule has 0 saturated heterocycles. The van der Waals surface area contributed by atoms with Gasteiger partial charge in [0.25, 0.3) is 0 Å². The zero-order valence-corrected chi connectivity index (χ0v) is 22.7. The second kappa shape index (κ2) is 9.34. The first kappa shape index (κ1) is 22.1. The van der Waals surface area contributed by atoms with E-state index in [0.717, 1.165) is 29.4 Å². The van der Waals surface area contributed by atoms with E-state index in [-0.39, 0.29) is 12.1 Å². The highest BCUT2D eigenvalue weighted by Crippen LogP contribution is 2.38. The van der Waals surface area contributed by atoms with E-state index in [1.54, 1.807) is 22.7 Å². The van der Waals surface area contributed by atoms with E-state index in [9.17, 15) is 0 Å². The van der Waals surface area contributed by atoms with Crippen LogP contribution in [0.1, 0.15) is 23.2 Å². The molecule has 0 bridgehead atoms. The first-order valence-corrected chi connectivity index (χ1v) is 14.1. The SMILES string of the molecule is Brc1ccc(-c2ccc(-c3ccc(Br)s3)c3c2=NC(c2ccccc2)C(c2ccccc2)N=3)s1. The van der Waals surface area contributed by atoms with Crippen LogP contribution in [0.25, 0.3) is 20.9 Å². The second-order valence-electron chi connectivity index (χ2n) is 8.03. The van der Waals surface area contributed by atoms with Crippen LogP contribution in [0.5, 0.6) is 0 Å². The summed E-state index contributed by atoms with van der Waals surface area (Å²) in [7, 11) is 0. The zero-order valence-electron chi connectivity index (χ0n) is 17.9. The van der Waals surface area contributed by atoms with Gasteiger partial charge in [0.2, 0.25) is 0 Å². The standard InChI is InChI=1S/C28H18Br2N2S2/c29-23-15-13-21(33-23)19-11-12-20(22-14-16-24(30)34-22)28-27(19)31-25(17-7-3-1-4-8-17)26(32-28)18-9-5-2-6-10-18/h1-16,25-26H. The molecule has 0 radical (unpaired) electrons. The number of fused-ring (bicyclic) bond motifs is 1. The molecule has 2 nitrogen and oxygen atoms in total. The van der Waals surface area contributed by atoms with E-state index in [1.807, 2.05) is 0 Å². The molecule has 1 aliphatic rings. The lowest BCUT2D eigenvalue weighted by atomic mass is 9.92. The van der Waals surface area contributed by atoms with E-state index in [0.29, 0.717) is 0 Å². The van der Waals surface area contributed by atoms with Crippen LogP contribution in [-0.2, 0) is 0 Å². The molecule has 0 amide bonds. The van der Waals surface area contributed by atoms with Gasteiger partial charge < -0.3 is 0 Å². The molecule has 0 saturated carbocycles. The van der Waals surface area contributed by atoms with Crippen molar-refractivity contribution in [3.63, 3.8) is 0 Å². The van der Waals surface area contributed by atoms with Gasteiger partial charge in [-0.15, -0.1) is 22.7 Å². The van der Waals surface area contributed by atoms with Crippen molar-refractivity contribution in [1.82, 2.24) is 0 Å². The highest BCUT2D eigenvalue weighted by molar-refractivity contribution is 9.11. The lowest BCUT2D eigenvalue weighted by Gasteiger charge is -2.25. The van der Waals surface area contributed by atoms with E-state index < -0.39 is 0 Å². The smallest absolute Gasteiger partial charge is 0.102 e. The molecular formula is C28H18Br2N2S2. The maximum Gasteiger partial charge on any atom is 0.102 e. The Morgan fingerprint density at radius 2 is 0.912 bits per heavy atom. The van der Waals surface area contributed by atoms with Crippen molar-refractivity contribution in [3.05, 3.63) is 126 Å². The molecule has 0 fully saturated rings. The van der Waals surface area contributed by atoms with Crippen LogP contribution in [0.15, 0.2) is 115 Å². The van der Waals surface area contributed by atoms with Crippen molar-refractivity contribution < 1.29 is 0 Å². The average molecular weight is 606 g/mol. The van der Waals surface area contributed by atoms with Gasteiger partial charge in [-0.25, -0.2) is 0 Å². The predicted molar refractivity (Wildman–Crippen MR) is 149 cm³/mol. The Labute approximate surface area is 222 Å². The number of benzene rings is 3. The summed E-state index contributed by atoms with van der Waals surface area (Å²) in [5, 5.41) is 1.94. The van der Waals surface area contributed by atoms with Crippen LogP contribution in [0.4, 0.5) is 0 Å². The molecule has 3 heterocycles. The fourth-order valence-electron chi connectivity index (χ4n) is 4.39. The van der Waals surface area contributed by atoms with Crippen molar-refractivity contribution in [2.45, 2.75) is 12.1 Å². The molecule has 1 aliphatic heterocycles. The Morgan fingerprint density at radius 3 is 1.26 bits per heavy atom. The van der Waals surface area contributed by atoms with Crippen molar-refractivity contribution in [2.75, 3.05) is 0 Å². The molecule has 5 aromatic rings. The summed E-state index contributed by atoms with van der Waals surface area (Å²) < 4.78 is 2.22. The Balaban J connectivity index is 1.68. The van der Waals surface area contributed by atoms with Crippen molar-refractivity contribution >= 4 is 54.5 Å². The molecule has 2 atom stereocenters. The lowest BCUT2D eigenvalue weighted by molar-refractivity contribution is 0.537. The first-order valence-electron chi connectivity index (χ1n) is 10.9. The minimum absolute atomic E-state index is 0.0939. The highest BCUT2D eigenvalue weighted by atomic mass is 79.9. The van der Waals surface area contributed by atoms with Gasteiger partial charge in [0.05, 0.1) is 18.3 Å². The van der Waals surface area contributed by atoms with Crippen LogP contribution in [0, 0.1) is 0 Å². The fraction of sp³-hybridized carbons (Fsp3) is 0.0714. The molecule has 0 spiro atoms. The molecule has 2 unspecified atom stereocenters. The Bertz CT molecular complexity index is 1470. The number of hydrogen-bond donors (Lipinski definition) is 0. The lowest BCUT2D eigenvalue weighted by Crippen LogP contribution is -2.35. The third-order valence-electron chi connectivity index (χ3n) is 5.95. The quantitative estimate of drug-likeness (QED) is 0.196. The molecular weight excluding hydrogens is 588 g/mol. The topological polar surface area (TPSA) is 24.7 Å². The van der Waals surface area contributed by atoms with E-state index in [1.165, 1.54) is 20.9 Å². The van der Waals surface area contributed by atoms with Crippen LogP contribution in [-0.4, -0.2) is 0 Å². The van der Waals surface area contributed by atoms with Gasteiger partial charge in [0.1, 0.15) is 12.1 Å². The average Bonchev–Trinajstić information content (AvgIpc) is 3.51. The van der Waals surface area contributed by atoms with Gasteiger partial charge in [-0.1, -0.05) is 72.8 Å². The van der Waals surface area contributed by atoms with Crippen molar-refractivity contribution in [2.24, 2.45) is 9.98 Å². The largest absolute Gasteiger partial charge is 0.272 e. The molecule has 6 rings (SSSR count). The van der Waals surface area contributed by atoms with Gasteiger partial charge in [-0.3, -0.25) is 9.98 Å². The van der Waals surface area contributed by atoms with E-state index in [2.05, 4.69) is 129 Å². The molecule has 166 valence electrons. The van der Waals surface area contributed by atoms with Crippen LogP contribution in [0.2, 0.25) is 0 Å². The summed E-state index contributed by atoms with van der Waals surface area (Å²) in [5.41, 5.74) is 4.60. The summed E-state index contributed by atoms with van der Waals surface area (Å²) in [6.45, 7) is 0. The third kappa shape index (κ3) is 4.13. The number of halogens is 2. The number of rotatable bonds is 4. The van der Waals surface area contributed by atoms with E-state index >= 15 is 0 Å². The molecule has 3 aromatic carbocycles. The van der Waals surface area contributed by atoms with Crippen LogP contribution < -0.4 is 10.7 Å². The highest BCUT2D eigenvalue weighted by Gasteiger charge is 2.28. The summed E-state index contributed by atoms with van der Waals surface area (Å²) in [6.07, 6.45) is 0. The molecule has 0 aliphatic carbocycles. The van der Waals surface area contributed by atoms with Gasteiger partial charge >= 0.3 is 0 Å². The first-order chi connectivity index (χ1) is 16.7. The van der Waals surface area contributed by atoms with Crippen molar-refractivity contribution in [3.8, 4) is 20.9 Å². The normalized spacial score (nSPS) is 17.0. The predicted octanol–water partition coefficient (Wildman–Crippen LogP) is 8.40. The molecule has 2 aromatic heterocycles. The Hall–Kier alpha value is -2.38. The summed E-state index contributed by atoms with van der Waals surface area (Å²) >= 11 is 10.7. The summed E-state index contributed by atoms with van der Waals surface area (Å²) in [5.74, 6) is 0. The number of hydrogen-bond acceptors (Lipinski definition) is 4. The van der Waals surface area contributed by atoms with Crippen molar-refractivity contribution in [1.29, 1.82) is 0 Å².